The standard InChI is InChI=1S/C17H16BrClO5/c1-21-15-8-14(18)16(22-2)6-11(15)9-24-17(20)10-23-13-5-3-4-12(19)7-13/h3-8H,9-10H2,1-2H3. The second kappa shape index (κ2) is 8.80. The van der Waals surface area contributed by atoms with Crippen molar-refractivity contribution in [3.05, 3.63) is 51.5 Å². The molecule has 0 N–H and O–H groups in total. The molecule has 0 spiro atoms. The van der Waals surface area contributed by atoms with Gasteiger partial charge in [0.15, 0.2) is 6.61 Å². The van der Waals surface area contributed by atoms with E-state index in [1.165, 1.54) is 0 Å². The molecule has 0 aromatic heterocycles. The second-order valence-electron chi connectivity index (χ2n) is 4.71. The van der Waals surface area contributed by atoms with Crippen molar-refractivity contribution in [2.75, 3.05) is 20.8 Å². The maximum absolute atomic E-state index is 11.8. The molecule has 0 radical (unpaired) electrons. The average molecular weight is 416 g/mol. The van der Waals surface area contributed by atoms with Gasteiger partial charge in [-0.25, -0.2) is 4.79 Å². The normalized spacial score (nSPS) is 10.2. The lowest BCUT2D eigenvalue weighted by Gasteiger charge is -2.13. The topological polar surface area (TPSA) is 54.0 Å². The third-order valence-electron chi connectivity index (χ3n) is 3.10. The Morgan fingerprint density at radius 1 is 1.12 bits per heavy atom. The lowest BCUT2D eigenvalue weighted by Crippen LogP contribution is -2.15. The third kappa shape index (κ3) is 5.04. The molecule has 2 aromatic rings. The van der Waals surface area contributed by atoms with E-state index in [0.29, 0.717) is 27.8 Å². The van der Waals surface area contributed by atoms with Crippen LogP contribution in [0.1, 0.15) is 5.56 Å². The molecule has 0 heterocycles. The summed E-state index contributed by atoms with van der Waals surface area (Å²) < 4.78 is 21.8. The zero-order chi connectivity index (χ0) is 17.5. The summed E-state index contributed by atoms with van der Waals surface area (Å²) in [6.45, 7) is -0.166. The van der Waals surface area contributed by atoms with E-state index in [2.05, 4.69) is 15.9 Å². The first-order chi connectivity index (χ1) is 11.5. The van der Waals surface area contributed by atoms with E-state index in [9.17, 15) is 4.79 Å². The molecule has 7 heteroatoms. The molecule has 0 aliphatic rings. The summed E-state index contributed by atoms with van der Waals surface area (Å²) in [6.07, 6.45) is 0. The molecule has 2 rings (SSSR count). The zero-order valence-electron chi connectivity index (χ0n) is 13.2. The van der Waals surface area contributed by atoms with E-state index in [1.807, 2.05) is 0 Å². The Balaban J connectivity index is 1.94. The van der Waals surface area contributed by atoms with Crippen LogP contribution in [0.3, 0.4) is 0 Å². The van der Waals surface area contributed by atoms with Crippen LogP contribution < -0.4 is 14.2 Å². The first-order valence-electron chi connectivity index (χ1n) is 6.98. The number of hydrogen-bond acceptors (Lipinski definition) is 5. The van der Waals surface area contributed by atoms with Crippen LogP contribution in [0.5, 0.6) is 17.2 Å². The summed E-state index contributed by atoms with van der Waals surface area (Å²) in [5.74, 6) is 1.21. The van der Waals surface area contributed by atoms with Gasteiger partial charge in [-0.2, -0.15) is 0 Å². The van der Waals surface area contributed by atoms with Crippen LogP contribution in [-0.2, 0) is 16.1 Å². The minimum atomic E-state index is -0.501. The van der Waals surface area contributed by atoms with Gasteiger partial charge in [-0.1, -0.05) is 17.7 Å². The van der Waals surface area contributed by atoms with Gasteiger partial charge < -0.3 is 18.9 Å². The Kier molecular flexibility index (Phi) is 6.75. The highest BCUT2D eigenvalue weighted by atomic mass is 79.9. The number of ether oxygens (including phenoxy) is 4. The Morgan fingerprint density at radius 3 is 2.54 bits per heavy atom. The van der Waals surface area contributed by atoms with Gasteiger partial charge in [0.05, 0.1) is 18.7 Å². The molecular formula is C17H16BrClO5. The number of carbonyl (C=O) groups is 1. The number of methoxy groups -OCH3 is 2. The van der Waals surface area contributed by atoms with Crippen LogP contribution >= 0.6 is 27.5 Å². The van der Waals surface area contributed by atoms with Gasteiger partial charge in [-0.05, 0) is 46.3 Å². The first kappa shape index (κ1) is 18.4. The van der Waals surface area contributed by atoms with E-state index in [0.717, 1.165) is 4.47 Å². The number of hydrogen-bond donors (Lipinski definition) is 0. The van der Waals surface area contributed by atoms with Crippen LogP contribution in [0.2, 0.25) is 5.02 Å². The van der Waals surface area contributed by atoms with Gasteiger partial charge in [-0.15, -0.1) is 0 Å². The van der Waals surface area contributed by atoms with Crippen molar-refractivity contribution in [3.63, 3.8) is 0 Å². The van der Waals surface area contributed by atoms with Crippen molar-refractivity contribution in [3.8, 4) is 17.2 Å². The Hall–Kier alpha value is -1.92. The van der Waals surface area contributed by atoms with Gasteiger partial charge in [0, 0.05) is 10.6 Å². The molecule has 0 aliphatic carbocycles. The molecule has 0 unspecified atom stereocenters. The number of benzene rings is 2. The fourth-order valence-corrected chi connectivity index (χ4v) is 2.60. The molecule has 5 nitrogen and oxygen atoms in total. The number of carbonyl (C=O) groups excluding carboxylic acids is 1. The number of halogens is 2. The molecule has 0 fully saturated rings. The summed E-state index contributed by atoms with van der Waals surface area (Å²) in [6, 6.07) is 10.3. The minimum absolute atomic E-state index is 0.0462. The first-order valence-corrected chi connectivity index (χ1v) is 8.15. The van der Waals surface area contributed by atoms with E-state index in [4.69, 9.17) is 30.5 Å². The lowest BCUT2D eigenvalue weighted by molar-refractivity contribution is -0.147. The summed E-state index contributed by atoms with van der Waals surface area (Å²) >= 11 is 9.23. The maximum atomic E-state index is 11.8. The summed E-state index contributed by atoms with van der Waals surface area (Å²) in [5, 5.41) is 0.535. The third-order valence-corrected chi connectivity index (χ3v) is 3.95. The quantitative estimate of drug-likeness (QED) is 0.633. The van der Waals surface area contributed by atoms with E-state index >= 15 is 0 Å². The molecule has 0 amide bonds. The molecule has 0 saturated carbocycles. The monoisotopic (exact) mass is 414 g/mol. The maximum Gasteiger partial charge on any atom is 0.344 e. The highest BCUT2D eigenvalue weighted by molar-refractivity contribution is 9.10. The van der Waals surface area contributed by atoms with Gasteiger partial charge >= 0.3 is 5.97 Å². The molecule has 128 valence electrons. The molecule has 0 aliphatic heterocycles. The zero-order valence-corrected chi connectivity index (χ0v) is 15.5. The van der Waals surface area contributed by atoms with Crippen molar-refractivity contribution < 1.29 is 23.7 Å². The van der Waals surface area contributed by atoms with Crippen LogP contribution in [0.4, 0.5) is 0 Å². The van der Waals surface area contributed by atoms with Crippen LogP contribution in [0.25, 0.3) is 0 Å². The lowest BCUT2D eigenvalue weighted by atomic mass is 10.2. The smallest absolute Gasteiger partial charge is 0.344 e. The molecule has 0 bridgehead atoms. The van der Waals surface area contributed by atoms with Crippen molar-refractivity contribution in [2.45, 2.75) is 6.61 Å². The average Bonchev–Trinajstić information content (AvgIpc) is 2.58. The van der Waals surface area contributed by atoms with E-state index in [1.54, 1.807) is 50.6 Å². The minimum Gasteiger partial charge on any atom is -0.496 e. The van der Waals surface area contributed by atoms with Gasteiger partial charge in [-0.3, -0.25) is 0 Å². The largest absolute Gasteiger partial charge is 0.496 e. The second-order valence-corrected chi connectivity index (χ2v) is 6.00. The van der Waals surface area contributed by atoms with E-state index in [-0.39, 0.29) is 13.2 Å². The predicted octanol–water partition coefficient (Wildman–Crippen LogP) is 4.24. The summed E-state index contributed by atoms with van der Waals surface area (Å²) in [5.41, 5.74) is 0.689. The molecule has 24 heavy (non-hydrogen) atoms. The molecule has 2 aromatic carbocycles. The molecule has 0 atom stereocenters. The highest BCUT2D eigenvalue weighted by Gasteiger charge is 2.12. The Morgan fingerprint density at radius 2 is 1.88 bits per heavy atom. The van der Waals surface area contributed by atoms with Crippen molar-refractivity contribution in [2.24, 2.45) is 0 Å². The fraction of sp³-hybridized carbons (Fsp3) is 0.235. The van der Waals surface area contributed by atoms with E-state index < -0.39 is 5.97 Å². The van der Waals surface area contributed by atoms with Crippen LogP contribution in [0.15, 0.2) is 40.9 Å². The highest BCUT2D eigenvalue weighted by Crippen LogP contribution is 2.33. The number of esters is 1. The SMILES string of the molecule is COc1cc(COC(=O)COc2cccc(Cl)c2)c(OC)cc1Br. The predicted molar refractivity (Wildman–Crippen MR) is 94.0 cm³/mol. The fourth-order valence-electron chi connectivity index (χ4n) is 1.94. The van der Waals surface area contributed by atoms with Gasteiger partial charge in [0.1, 0.15) is 23.9 Å². The van der Waals surface area contributed by atoms with Crippen molar-refractivity contribution in [1.29, 1.82) is 0 Å². The summed E-state index contributed by atoms with van der Waals surface area (Å²) in [7, 11) is 3.10. The Labute approximate surface area is 153 Å². The van der Waals surface area contributed by atoms with Crippen LogP contribution in [-0.4, -0.2) is 26.8 Å². The van der Waals surface area contributed by atoms with Crippen LogP contribution in [0, 0.1) is 0 Å². The van der Waals surface area contributed by atoms with Gasteiger partial charge in [0.25, 0.3) is 0 Å². The number of rotatable bonds is 7. The molecule has 0 saturated heterocycles. The summed E-state index contributed by atoms with van der Waals surface area (Å²) in [4.78, 5) is 11.8. The van der Waals surface area contributed by atoms with Gasteiger partial charge in [0.2, 0.25) is 0 Å². The van der Waals surface area contributed by atoms with Crippen molar-refractivity contribution >= 4 is 33.5 Å². The molecular weight excluding hydrogens is 400 g/mol. The van der Waals surface area contributed by atoms with Crippen molar-refractivity contribution in [1.82, 2.24) is 0 Å². The Bertz CT molecular complexity index is 720.